The Kier molecular flexibility index (Phi) is 4.86. The van der Waals surface area contributed by atoms with Crippen molar-refractivity contribution in [2.24, 2.45) is 0 Å². The number of carbonyl (C=O) groups excluding carboxylic acids is 2. The number of aliphatic hydroxyl groups excluding tert-OH is 1. The number of benzene rings is 2. The van der Waals surface area contributed by atoms with Crippen LogP contribution in [-0.2, 0) is 9.59 Å². The molecule has 29 heavy (non-hydrogen) atoms. The standard InChI is InChI=1S/C22H14ClFN2O3/c23-15-8-4-14(5-9-15)20(27)18-19(13-6-10-16(24)11-7-13)26(22(29)21(18)28)17-3-1-2-12-25-17/h1-12,19,27H/b20-18+/t19-/m0/s1. The average Bonchev–Trinajstić information content (AvgIpc) is 3.00. The Morgan fingerprint density at radius 1 is 1.00 bits per heavy atom. The largest absolute Gasteiger partial charge is 0.507 e. The predicted octanol–water partition coefficient (Wildman–Crippen LogP) is 4.50. The van der Waals surface area contributed by atoms with Crippen LogP contribution in [0, 0.1) is 5.82 Å². The summed E-state index contributed by atoms with van der Waals surface area (Å²) in [6.45, 7) is 0. The fourth-order valence-corrected chi connectivity index (χ4v) is 3.41. The van der Waals surface area contributed by atoms with Gasteiger partial charge in [0, 0.05) is 16.8 Å². The number of aromatic nitrogens is 1. The highest BCUT2D eigenvalue weighted by Crippen LogP contribution is 2.41. The number of halogens is 2. The van der Waals surface area contributed by atoms with E-state index in [1.165, 1.54) is 35.4 Å². The predicted molar refractivity (Wildman–Crippen MR) is 107 cm³/mol. The van der Waals surface area contributed by atoms with Crippen LogP contribution in [-0.4, -0.2) is 21.8 Å². The summed E-state index contributed by atoms with van der Waals surface area (Å²) in [4.78, 5) is 31.1. The van der Waals surface area contributed by atoms with Gasteiger partial charge < -0.3 is 5.11 Å². The molecule has 2 aromatic carbocycles. The summed E-state index contributed by atoms with van der Waals surface area (Å²) < 4.78 is 13.5. The third kappa shape index (κ3) is 3.39. The minimum absolute atomic E-state index is 0.102. The van der Waals surface area contributed by atoms with Crippen LogP contribution in [0.1, 0.15) is 17.2 Å². The summed E-state index contributed by atoms with van der Waals surface area (Å²) in [5.74, 6) is -2.22. The third-order valence-corrected chi connectivity index (χ3v) is 4.90. The number of anilines is 1. The number of pyridine rings is 1. The molecular weight excluding hydrogens is 395 g/mol. The lowest BCUT2D eigenvalue weighted by atomic mass is 9.95. The molecule has 4 rings (SSSR count). The molecule has 0 aliphatic carbocycles. The van der Waals surface area contributed by atoms with Crippen molar-refractivity contribution in [1.82, 2.24) is 4.98 Å². The SMILES string of the molecule is O=C1C(=O)N(c2ccccn2)[C@@H](c2ccc(F)cc2)/C1=C(\O)c1ccc(Cl)cc1. The van der Waals surface area contributed by atoms with Crippen LogP contribution in [0.15, 0.2) is 78.5 Å². The number of hydrogen-bond donors (Lipinski definition) is 1. The smallest absolute Gasteiger partial charge is 0.301 e. The van der Waals surface area contributed by atoms with Gasteiger partial charge in [-0.15, -0.1) is 0 Å². The number of rotatable bonds is 3. The van der Waals surface area contributed by atoms with E-state index in [4.69, 9.17) is 11.6 Å². The summed E-state index contributed by atoms with van der Waals surface area (Å²) in [6, 6.07) is 15.6. The maximum atomic E-state index is 13.5. The van der Waals surface area contributed by atoms with Crippen LogP contribution in [0.25, 0.3) is 5.76 Å². The number of Topliss-reactive ketones (excluding diaryl/α,β-unsaturated/α-hetero) is 1. The summed E-state index contributed by atoms with van der Waals surface area (Å²) in [5.41, 5.74) is 0.696. The fourth-order valence-electron chi connectivity index (χ4n) is 3.29. The van der Waals surface area contributed by atoms with Crippen molar-refractivity contribution in [3.8, 4) is 0 Å². The van der Waals surface area contributed by atoms with Crippen LogP contribution in [0.3, 0.4) is 0 Å². The number of hydrogen-bond acceptors (Lipinski definition) is 4. The molecule has 1 N–H and O–H groups in total. The first-order chi connectivity index (χ1) is 14.0. The minimum Gasteiger partial charge on any atom is -0.507 e. The van der Waals surface area contributed by atoms with Gasteiger partial charge in [0.1, 0.15) is 17.4 Å². The van der Waals surface area contributed by atoms with Crippen molar-refractivity contribution >= 4 is 34.9 Å². The summed E-state index contributed by atoms with van der Waals surface area (Å²) in [5, 5.41) is 11.4. The van der Waals surface area contributed by atoms with Gasteiger partial charge >= 0.3 is 5.91 Å². The molecule has 1 fully saturated rings. The van der Waals surface area contributed by atoms with Gasteiger partial charge in [-0.2, -0.15) is 0 Å². The monoisotopic (exact) mass is 408 g/mol. The van der Waals surface area contributed by atoms with Gasteiger partial charge in [0.15, 0.2) is 0 Å². The zero-order valence-electron chi connectivity index (χ0n) is 14.9. The van der Waals surface area contributed by atoms with E-state index in [-0.39, 0.29) is 17.2 Å². The number of amides is 1. The first-order valence-corrected chi connectivity index (χ1v) is 9.08. The van der Waals surface area contributed by atoms with E-state index in [2.05, 4.69) is 4.98 Å². The third-order valence-electron chi connectivity index (χ3n) is 4.64. The number of aliphatic hydroxyl groups is 1. The average molecular weight is 409 g/mol. The maximum absolute atomic E-state index is 13.5. The quantitative estimate of drug-likeness (QED) is 0.393. The maximum Gasteiger partial charge on any atom is 0.301 e. The van der Waals surface area contributed by atoms with E-state index in [9.17, 15) is 19.1 Å². The van der Waals surface area contributed by atoms with E-state index in [1.54, 1.807) is 42.5 Å². The Morgan fingerprint density at radius 2 is 1.69 bits per heavy atom. The minimum atomic E-state index is -0.957. The molecule has 5 nitrogen and oxygen atoms in total. The normalized spacial score (nSPS) is 18.3. The molecule has 144 valence electrons. The van der Waals surface area contributed by atoms with Crippen molar-refractivity contribution < 1.29 is 19.1 Å². The van der Waals surface area contributed by atoms with Gasteiger partial charge in [-0.25, -0.2) is 9.37 Å². The Morgan fingerprint density at radius 3 is 2.31 bits per heavy atom. The highest BCUT2D eigenvalue weighted by Gasteiger charge is 2.47. The van der Waals surface area contributed by atoms with E-state index in [0.29, 0.717) is 16.1 Å². The zero-order valence-corrected chi connectivity index (χ0v) is 15.7. The first kappa shape index (κ1) is 18.8. The second-order valence-electron chi connectivity index (χ2n) is 6.42. The summed E-state index contributed by atoms with van der Waals surface area (Å²) in [6.07, 6.45) is 1.50. The van der Waals surface area contributed by atoms with Gasteiger partial charge in [-0.3, -0.25) is 14.5 Å². The van der Waals surface area contributed by atoms with Gasteiger partial charge in [-0.05, 0) is 54.1 Å². The molecule has 3 aromatic rings. The van der Waals surface area contributed by atoms with Crippen LogP contribution in [0.5, 0.6) is 0 Å². The Balaban J connectivity index is 1.94. The van der Waals surface area contributed by atoms with Crippen LogP contribution < -0.4 is 4.90 Å². The molecule has 0 radical (unpaired) electrons. The van der Waals surface area contributed by atoms with E-state index in [0.717, 1.165) is 0 Å². The molecule has 7 heteroatoms. The first-order valence-electron chi connectivity index (χ1n) is 8.71. The molecule has 2 heterocycles. The highest BCUT2D eigenvalue weighted by atomic mass is 35.5. The molecule has 1 saturated heterocycles. The molecule has 0 spiro atoms. The Labute approximate surface area is 170 Å². The van der Waals surface area contributed by atoms with Crippen molar-refractivity contribution in [1.29, 1.82) is 0 Å². The van der Waals surface area contributed by atoms with E-state index in [1.807, 2.05) is 0 Å². The fraction of sp³-hybridized carbons (Fsp3) is 0.0455. The van der Waals surface area contributed by atoms with Gasteiger partial charge in [0.25, 0.3) is 5.78 Å². The van der Waals surface area contributed by atoms with Gasteiger partial charge in [0.05, 0.1) is 11.6 Å². The number of ketones is 1. The second kappa shape index (κ2) is 7.48. The lowest BCUT2D eigenvalue weighted by molar-refractivity contribution is -0.132. The summed E-state index contributed by atoms with van der Waals surface area (Å²) >= 11 is 5.90. The van der Waals surface area contributed by atoms with Crippen molar-refractivity contribution in [3.05, 3.63) is 100 Å². The molecule has 1 aliphatic heterocycles. The molecule has 1 atom stereocenters. The Hall–Kier alpha value is -3.51. The van der Waals surface area contributed by atoms with Crippen molar-refractivity contribution in [2.75, 3.05) is 4.90 Å². The molecule has 0 bridgehead atoms. The second-order valence-corrected chi connectivity index (χ2v) is 6.85. The number of nitrogens with zero attached hydrogens (tertiary/aromatic N) is 2. The molecule has 0 unspecified atom stereocenters. The van der Waals surface area contributed by atoms with Crippen molar-refractivity contribution in [3.63, 3.8) is 0 Å². The van der Waals surface area contributed by atoms with Gasteiger partial charge in [-0.1, -0.05) is 29.8 Å². The van der Waals surface area contributed by atoms with E-state index < -0.39 is 23.5 Å². The van der Waals surface area contributed by atoms with Crippen LogP contribution in [0.2, 0.25) is 5.02 Å². The lowest BCUT2D eigenvalue weighted by Crippen LogP contribution is -2.30. The molecule has 0 saturated carbocycles. The molecule has 1 aliphatic rings. The van der Waals surface area contributed by atoms with Crippen LogP contribution >= 0.6 is 11.6 Å². The van der Waals surface area contributed by atoms with Crippen LogP contribution in [0.4, 0.5) is 10.2 Å². The highest BCUT2D eigenvalue weighted by molar-refractivity contribution is 6.51. The van der Waals surface area contributed by atoms with Crippen molar-refractivity contribution in [2.45, 2.75) is 6.04 Å². The summed E-state index contributed by atoms with van der Waals surface area (Å²) in [7, 11) is 0. The van der Waals surface area contributed by atoms with E-state index >= 15 is 0 Å². The Bertz CT molecular complexity index is 1110. The molecule has 1 aromatic heterocycles. The van der Waals surface area contributed by atoms with Gasteiger partial charge in [0.2, 0.25) is 0 Å². The number of carbonyl (C=O) groups is 2. The lowest BCUT2D eigenvalue weighted by Gasteiger charge is -2.24. The topological polar surface area (TPSA) is 70.5 Å². The molecule has 1 amide bonds. The zero-order chi connectivity index (χ0) is 20.5. The molecular formula is C22H14ClFN2O3.